The van der Waals surface area contributed by atoms with Crippen molar-refractivity contribution in [1.82, 2.24) is 19.4 Å². The van der Waals surface area contributed by atoms with Crippen LogP contribution in [-0.4, -0.2) is 32.4 Å². The second-order valence-corrected chi connectivity index (χ2v) is 6.59. The summed E-state index contributed by atoms with van der Waals surface area (Å²) in [5.41, 5.74) is 1.46. The largest absolute Gasteiger partial charge is 0.416 e. The van der Waals surface area contributed by atoms with E-state index in [4.69, 9.17) is 5.26 Å². The van der Waals surface area contributed by atoms with Crippen molar-refractivity contribution in [3.63, 3.8) is 0 Å². The molecule has 10 heteroatoms. The summed E-state index contributed by atoms with van der Waals surface area (Å²) in [6, 6.07) is 12.0. The lowest BCUT2D eigenvalue weighted by atomic mass is 10.1. The average molecular weight is 423 g/mol. The molecule has 0 spiro atoms. The summed E-state index contributed by atoms with van der Waals surface area (Å²) in [5.74, 6) is 1.15. The van der Waals surface area contributed by atoms with Crippen molar-refractivity contribution in [3.05, 3.63) is 72.2 Å². The standard InChI is InChI=1S/C21H16F3N7/c22-21(23,24)16-4-2-15(3-5-16)17-11-19-27-9-10-31(19)20(30-17)28-8-7-26-18-6-1-14(12-25)13-29-18/h1-6,9-11,13H,7-8H2,(H,26,29)(H,28,30). The minimum atomic E-state index is -4.39. The minimum absolute atomic E-state index is 0.482. The number of halogens is 3. The number of alkyl halides is 3. The maximum Gasteiger partial charge on any atom is 0.416 e. The second kappa shape index (κ2) is 8.31. The van der Waals surface area contributed by atoms with E-state index in [1.54, 1.807) is 35.0 Å². The first kappa shape index (κ1) is 20.2. The molecule has 0 fully saturated rings. The molecule has 3 aromatic heterocycles. The number of hydrogen-bond acceptors (Lipinski definition) is 6. The summed E-state index contributed by atoms with van der Waals surface area (Å²) in [6.07, 6.45) is 0.469. The molecule has 0 aliphatic carbocycles. The predicted molar refractivity (Wildman–Crippen MR) is 109 cm³/mol. The number of rotatable bonds is 6. The molecule has 1 aromatic carbocycles. The lowest BCUT2D eigenvalue weighted by Gasteiger charge is -2.12. The highest BCUT2D eigenvalue weighted by molar-refractivity contribution is 5.66. The molecule has 4 aromatic rings. The summed E-state index contributed by atoms with van der Waals surface area (Å²) in [7, 11) is 0. The zero-order chi connectivity index (χ0) is 21.8. The molecule has 0 saturated carbocycles. The van der Waals surface area contributed by atoms with Crippen LogP contribution in [0.2, 0.25) is 0 Å². The third-order valence-corrected chi connectivity index (χ3v) is 4.50. The van der Waals surface area contributed by atoms with Gasteiger partial charge in [-0.25, -0.2) is 15.0 Å². The van der Waals surface area contributed by atoms with Crippen LogP contribution in [0, 0.1) is 11.3 Å². The molecular formula is C21H16F3N7. The van der Waals surface area contributed by atoms with Gasteiger partial charge in [0.15, 0.2) is 0 Å². The molecule has 0 aliphatic heterocycles. The van der Waals surface area contributed by atoms with Crippen LogP contribution in [0.3, 0.4) is 0 Å². The summed E-state index contributed by atoms with van der Waals surface area (Å²) in [6.45, 7) is 1.03. The lowest BCUT2D eigenvalue weighted by molar-refractivity contribution is -0.137. The summed E-state index contributed by atoms with van der Waals surface area (Å²) < 4.78 is 40.2. The normalized spacial score (nSPS) is 11.3. The minimum Gasteiger partial charge on any atom is -0.368 e. The van der Waals surface area contributed by atoms with E-state index in [0.717, 1.165) is 12.1 Å². The Morgan fingerprint density at radius 1 is 1.00 bits per heavy atom. The Balaban J connectivity index is 1.48. The van der Waals surface area contributed by atoms with Crippen molar-refractivity contribution in [2.75, 3.05) is 23.7 Å². The van der Waals surface area contributed by atoms with E-state index in [1.165, 1.54) is 18.3 Å². The van der Waals surface area contributed by atoms with Crippen molar-refractivity contribution in [2.45, 2.75) is 6.18 Å². The molecule has 31 heavy (non-hydrogen) atoms. The quantitative estimate of drug-likeness (QED) is 0.452. The fraction of sp³-hybridized carbons (Fsp3) is 0.143. The first-order valence-electron chi connectivity index (χ1n) is 9.30. The van der Waals surface area contributed by atoms with Gasteiger partial charge in [0.2, 0.25) is 5.95 Å². The lowest BCUT2D eigenvalue weighted by Crippen LogP contribution is -2.16. The Morgan fingerprint density at radius 3 is 2.45 bits per heavy atom. The zero-order valence-corrected chi connectivity index (χ0v) is 16.1. The fourth-order valence-corrected chi connectivity index (χ4v) is 2.96. The molecule has 156 valence electrons. The maximum atomic E-state index is 12.8. The number of aromatic nitrogens is 4. The maximum absolute atomic E-state index is 12.8. The van der Waals surface area contributed by atoms with E-state index < -0.39 is 11.7 Å². The Labute approximate surface area is 175 Å². The van der Waals surface area contributed by atoms with Crippen molar-refractivity contribution in [1.29, 1.82) is 5.26 Å². The van der Waals surface area contributed by atoms with Gasteiger partial charge in [-0.1, -0.05) is 12.1 Å². The molecular weight excluding hydrogens is 407 g/mol. The molecule has 0 aliphatic rings. The molecule has 0 radical (unpaired) electrons. The van der Waals surface area contributed by atoms with E-state index in [-0.39, 0.29) is 0 Å². The number of nitrogens with one attached hydrogen (secondary N) is 2. The van der Waals surface area contributed by atoms with Gasteiger partial charge in [0, 0.05) is 43.3 Å². The van der Waals surface area contributed by atoms with Crippen LogP contribution in [0.5, 0.6) is 0 Å². The van der Waals surface area contributed by atoms with Gasteiger partial charge < -0.3 is 10.6 Å². The molecule has 3 heterocycles. The molecule has 0 unspecified atom stereocenters. The third kappa shape index (κ3) is 4.56. The second-order valence-electron chi connectivity index (χ2n) is 6.59. The van der Waals surface area contributed by atoms with E-state index in [9.17, 15) is 13.2 Å². The number of anilines is 2. The van der Waals surface area contributed by atoms with Crippen molar-refractivity contribution in [2.24, 2.45) is 0 Å². The Hall–Kier alpha value is -4.13. The zero-order valence-electron chi connectivity index (χ0n) is 16.1. The Morgan fingerprint density at radius 2 is 1.77 bits per heavy atom. The van der Waals surface area contributed by atoms with Crippen LogP contribution in [0.25, 0.3) is 16.9 Å². The summed E-state index contributed by atoms with van der Waals surface area (Å²) >= 11 is 0. The highest BCUT2D eigenvalue weighted by Crippen LogP contribution is 2.31. The molecule has 7 nitrogen and oxygen atoms in total. The van der Waals surface area contributed by atoms with E-state index >= 15 is 0 Å². The Kier molecular flexibility index (Phi) is 5.41. The smallest absolute Gasteiger partial charge is 0.368 e. The van der Waals surface area contributed by atoms with Gasteiger partial charge in [-0.15, -0.1) is 0 Å². The number of nitrogens with zero attached hydrogens (tertiary/aromatic N) is 5. The topological polar surface area (TPSA) is 90.9 Å². The van der Waals surface area contributed by atoms with Crippen LogP contribution >= 0.6 is 0 Å². The number of pyridine rings is 1. The number of nitriles is 1. The SMILES string of the molecule is N#Cc1ccc(NCCNc2nc(-c3ccc(C(F)(F)F)cc3)cc3nccn23)nc1. The van der Waals surface area contributed by atoms with Gasteiger partial charge in [-0.3, -0.25) is 4.40 Å². The number of imidazole rings is 1. The van der Waals surface area contributed by atoms with Crippen molar-refractivity contribution < 1.29 is 13.2 Å². The molecule has 2 N–H and O–H groups in total. The molecule has 0 saturated heterocycles. The average Bonchev–Trinajstić information content (AvgIpc) is 3.25. The van der Waals surface area contributed by atoms with Crippen LogP contribution in [0.1, 0.15) is 11.1 Å². The highest BCUT2D eigenvalue weighted by Gasteiger charge is 2.30. The molecule has 0 bridgehead atoms. The van der Waals surface area contributed by atoms with E-state index in [0.29, 0.717) is 47.3 Å². The van der Waals surface area contributed by atoms with Gasteiger partial charge in [-0.05, 0) is 24.3 Å². The van der Waals surface area contributed by atoms with Gasteiger partial charge in [0.1, 0.15) is 17.5 Å². The van der Waals surface area contributed by atoms with Gasteiger partial charge in [0.05, 0.1) is 16.8 Å². The number of hydrogen-bond donors (Lipinski definition) is 2. The van der Waals surface area contributed by atoms with Crippen molar-refractivity contribution >= 4 is 17.4 Å². The Bertz CT molecular complexity index is 1220. The van der Waals surface area contributed by atoms with Crippen LogP contribution in [-0.2, 0) is 6.18 Å². The van der Waals surface area contributed by atoms with Crippen molar-refractivity contribution in [3.8, 4) is 17.3 Å². The first-order valence-corrected chi connectivity index (χ1v) is 9.30. The monoisotopic (exact) mass is 423 g/mol. The summed E-state index contributed by atoms with van der Waals surface area (Å²) in [5, 5.41) is 15.1. The molecule has 4 rings (SSSR count). The van der Waals surface area contributed by atoms with Crippen LogP contribution < -0.4 is 10.6 Å². The first-order chi connectivity index (χ1) is 14.9. The number of benzene rings is 1. The number of fused-ring (bicyclic) bond motifs is 1. The third-order valence-electron chi connectivity index (χ3n) is 4.50. The molecule has 0 atom stereocenters. The van der Waals surface area contributed by atoms with Gasteiger partial charge >= 0.3 is 6.18 Å². The van der Waals surface area contributed by atoms with E-state index in [1.807, 2.05) is 6.07 Å². The summed E-state index contributed by atoms with van der Waals surface area (Å²) in [4.78, 5) is 13.0. The highest BCUT2D eigenvalue weighted by atomic mass is 19.4. The fourth-order valence-electron chi connectivity index (χ4n) is 2.96. The molecule has 0 amide bonds. The van der Waals surface area contributed by atoms with Gasteiger partial charge in [-0.2, -0.15) is 18.4 Å². The van der Waals surface area contributed by atoms with E-state index in [2.05, 4.69) is 25.6 Å². The van der Waals surface area contributed by atoms with Crippen LogP contribution in [0.4, 0.5) is 24.9 Å². The predicted octanol–water partition coefficient (Wildman–Crippen LogP) is 4.21. The van der Waals surface area contributed by atoms with Gasteiger partial charge in [0.25, 0.3) is 0 Å². The van der Waals surface area contributed by atoms with Crippen LogP contribution in [0.15, 0.2) is 61.1 Å².